The molecule has 1 aromatic carbocycles. The van der Waals surface area contributed by atoms with Crippen molar-refractivity contribution >= 4 is 17.7 Å². The maximum Gasteiger partial charge on any atom is 0.328 e. The molecule has 0 aliphatic carbocycles. The van der Waals surface area contributed by atoms with E-state index in [2.05, 4.69) is 10.6 Å². The largest absolute Gasteiger partial charge is 0.497 e. The van der Waals surface area contributed by atoms with Crippen LogP contribution < -0.4 is 15.4 Å². The first-order valence-electron chi connectivity index (χ1n) is 5.32. The second-order valence-electron chi connectivity index (χ2n) is 4.24. The van der Waals surface area contributed by atoms with Crippen LogP contribution in [0.25, 0.3) is 0 Å². The normalized spacial score (nSPS) is 10.6. The van der Waals surface area contributed by atoms with E-state index in [9.17, 15) is 9.59 Å². The average Bonchev–Trinajstić information content (AvgIpc) is 2.28. The average molecular weight is 252 g/mol. The van der Waals surface area contributed by atoms with E-state index >= 15 is 0 Å². The minimum absolute atomic E-state index is 0.521. The first-order chi connectivity index (χ1) is 8.35. The lowest BCUT2D eigenvalue weighted by Gasteiger charge is -2.21. The van der Waals surface area contributed by atoms with E-state index in [1.807, 2.05) is 0 Å². The van der Waals surface area contributed by atoms with Gasteiger partial charge in [-0.25, -0.2) is 9.59 Å². The Morgan fingerprint density at radius 3 is 2.56 bits per heavy atom. The highest BCUT2D eigenvalue weighted by Crippen LogP contribution is 2.16. The van der Waals surface area contributed by atoms with E-state index < -0.39 is 17.5 Å². The molecule has 0 bridgehead atoms. The van der Waals surface area contributed by atoms with Gasteiger partial charge in [0.15, 0.2) is 0 Å². The number of hydrogen-bond donors (Lipinski definition) is 3. The molecule has 98 valence electrons. The van der Waals surface area contributed by atoms with Crippen molar-refractivity contribution in [3.8, 4) is 5.75 Å². The Labute approximate surface area is 105 Å². The zero-order chi connectivity index (χ0) is 13.8. The Balaban J connectivity index is 2.67. The van der Waals surface area contributed by atoms with Gasteiger partial charge in [-0.3, -0.25) is 0 Å². The Kier molecular flexibility index (Phi) is 4.14. The number of ether oxygens (including phenoxy) is 1. The number of benzene rings is 1. The highest BCUT2D eigenvalue weighted by atomic mass is 16.5. The van der Waals surface area contributed by atoms with Crippen LogP contribution in [0.5, 0.6) is 5.75 Å². The van der Waals surface area contributed by atoms with Crippen LogP contribution in [0.1, 0.15) is 13.8 Å². The molecule has 0 aromatic heterocycles. The SMILES string of the molecule is COc1cccc(NC(=O)NC(C)(C)C(=O)O)c1. The lowest BCUT2D eigenvalue weighted by atomic mass is 10.1. The van der Waals surface area contributed by atoms with Gasteiger partial charge in [0.25, 0.3) is 0 Å². The number of anilines is 1. The molecule has 18 heavy (non-hydrogen) atoms. The predicted molar refractivity (Wildman–Crippen MR) is 66.9 cm³/mol. The highest BCUT2D eigenvalue weighted by Gasteiger charge is 2.28. The third kappa shape index (κ3) is 3.65. The van der Waals surface area contributed by atoms with Gasteiger partial charge in [0.1, 0.15) is 11.3 Å². The minimum atomic E-state index is -1.33. The molecular weight excluding hydrogens is 236 g/mol. The molecule has 2 amide bonds. The number of methoxy groups -OCH3 is 1. The summed E-state index contributed by atoms with van der Waals surface area (Å²) in [6, 6.07) is 6.18. The third-order valence-electron chi connectivity index (χ3n) is 2.29. The van der Waals surface area contributed by atoms with Gasteiger partial charge in [-0.2, -0.15) is 0 Å². The first-order valence-corrected chi connectivity index (χ1v) is 5.32. The standard InChI is InChI=1S/C12H16N2O4/c1-12(2,10(15)16)14-11(17)13-8-5-4-6-9(7-8)18-3/h4-7H,1-3H3,(H,15,16)(H2,13,14,17). The van der Waals surface area contributed by atoms with Crippen LogP contribution in [0.15, 0.2) is 24.3 Å². The Hall–Kier alpha value is -2.24. The van der Waals surface area contributed by atoms with Gasteiger partial charge in [0.2, 0.25) is 0 Å². The summed E-state index contributed by atoms with van der Waals surface area (Å²) in [5.74, 6) is -0.506. The molecule has 1 aromatic rings. The number of aliphatic carboxylic acids is 1. The fraction of sp³-hybridized carbons (Fsp3) is 0.333. The summed E-state index contributed by atoms with van der Waals surface area (Å²) in [7, 11) is 1.52. The van der Waals surface area contributed by atoms with E-state index in [0.717, 1.165) is 0 Å². The molecule has 1 rings (SSSR count). The molecule has 0 unspecified atom stereocenters. The number of hydrogen-bond acceptors (Lipinski definition) is 3. The molecule has 6 heteroatoms. The highest BCUT2D eigenvalue weighted by molar-refractivity contribution is 5.93. The molecule has 0 saturated carbocycles. The second kappa shape index (κ2) is 5.39. The number of urea groups is 1. The van der Waals surface area contributed by atoms with Crippen molar-refractivity contribution in [3.63, 3.8) is 0 Å². The summed E-state index contributed by atoms with van der Waals surface area (Å²) in [4.78, 5) is 22.5. The fourth-order valence-corrected chi connectivity index (χ4v) is 1.20. The summed E-state index contributed by atoms with van der Waals surface area (Å²) < 4.78 is 5.01. The van der Waals surface area contributed by atoms with Crippen molar-refractivity contribution < 1.29 is 19.4 Å². The zero-order valence-electron chi connectivity index (χ0n) is 10.5. The maximum atomic E-state index is 11.6. The Morgan fingerprint density at radius 2 is 2.00 bits per heavy atom. The summed E-state index contributed by atoms with van der Waals surface area (Å²) in [6.45, 7) is 2.81. The number of nitrogens with one attached hydrogen (secondary N) is 2. The molecule has 0 aliphatic heterocycles. The smallest absolute Gasteiger partial charge is 0.328 e. The van der Waals surface area contributed by atoms with Crippen LogP contribution in [0, 0.1) is 0 Å². The van der Waals surface area contributed by atoms with E-state index in [1.54, 1.807) is 24.3 Å². The van der Waals surface area contributed by atoms with Crippen molar-refractivity contribution in [2.45, 2.75) is 19.4 Å². The van der Waals surface area contributed by atoms with Crippen LogP contribution in [-0.4, -0.2) is 29.8 Å². The molecular formula is C12H16N2O4. The second-order valence-corrected chi connectivity index (χ2v) is 4.24. The Morgan fingerprint density at radius 1 is 1.33 bits per heavy atom. The summed E-state index contributed by atoms with van der Waals surface area (Å²) in [5.41, 5.74) is -0.809. The molecule has 0 spiro atoms. The molecule has 0 fully saturated rings. The number of carboxylic acids is 1. The molecule has 0 atom stereocenters. The van der Waals surface area contributed by atoms with Crippen LogP contribution in [0.4, 0.5) is 10.5 Å². The van der Waals surface area contributed by atoms with Crippen molar-refractivity contribution in [1.82, 2.24) is 5.32 Å². The van der Waals surface area contributed by atoms with Gasteiger partial charge in [0.05, 0.1) is 7.11 Å². The monoisotopic (exact) mass is 252 g/mol. The molecule has 0 heterocycles. The van der Waals surface area contributed by atoms with Gasteiger partial charge in [0, 0.05) is 11.8 Å². The van der Waals surface area contributed by atoms with Gasteiger partial charge in [-0.05, 0) is 26.0 Å². The van der Waals surface area contributed by atoms with E-state index in [0.29, 0.717) is 11.4 Å². The van der Waals surface area contributed by atoms with E-state index in [-0.39, 0.29) is 0 Å². The van der Waals surface area contributed by atoms with Crippen LogP contribution in [-0.2, 0) is 4.79 Å². The Bertz CT molecular complexity index is 457. The van der Waals surface area contributed by atoms with Gasteiger partial charge < -0.3 is 20.5 Å². The predicted octanol–water partition coefficient (Wildman–Crippen LogP) is 1.68. The number of carboxylic acid groups (broad SMARTS) is 1. The zero-order valence-corrected chi connectivity index (χ0v) is 10.5. The van der Waals surface area contributed by atoms with Crippen molar-refractivity contribution in [2.24, 2.45) is 0 Å². The lowest BCUT2D eigenvalue weighted by Crippen LogP contribution is -2.51. The lowest BCUT2D eigenvalue weighted by molar-refractivity contribution is -0.142. The quantitative estimate of drug-likeness (QED) is 0.760. The minimum Gasteiger partial charge on any atom is -0.497 e. The number of rotatable bonds is 4. The fourth-order valence-electron chi connectivity index (χ4n) is 1.20. The first kappa shape index (κ1) is 13.8. The van der Waals surface area contributed by atoms with Crippen LogP contribution >= 0.6 is 0 Å². The number of carbonyl (C=O) groups is 2. The van der Waals surface area contributed by atoms with E-state index in [1.165, 1.54) is 21.0 Å². The topological polar surface area (TPSA) is 87.7 Å². The van der Waals surface area contributed by atoms with Crippen LogP contribution in [0.3, 0.4) is 0 Å². The summed E-state index contributed by atoms with van der Waals surface area (Å²) in [6.07, 6.45) is 0. The van der Waals surface area contributed by atoms with E-state index in [4.69, 9.17) is 9.84 Å². The number of amides is 2. The van der Waals surface area contributed by atoms with Gasteiger partial charge in [-0.1, -0.05) is 6.07 Å². The third-order valence-corrected chi connectivity index (χ3v) is 2.29. The van der Waals surface area contributed by atoms with Crippen molar-refractivity contribution in [2.75, 3.05) is 12.4 Å². The molecule has 6 nitrogen and oxygen atoms in total. The molecule has 3 N–H and O–H groups in total. The molecule has 0 saturated heterocycles. The van der Waals surface area contributed by atoms with Gasteiger partial charge in [-0.15, -0.1) is 0 Å². The molecule has 0 aliphatic rings. The van der Waals surface area contributed by atoms with Crippen molar-refractivity contribution in [1.29, 1.82) is 0 Å². The summed E-state index contributed by atoms with van der Waals surface area (Å²) in [5, 5.41) is 13.8. The number of carbonyl (C=O) groups excluding carboxylic acids is 1. The van der Waals surface area contributed by atoms with Gasteiger partial charge >= 0.3 is 12.0 Å². The maximum absolute atomic E-state index is 11.6. The molecule has 0 radical (unpaired) electrons. The van der Waals surface area contributed by atoms with Crippen LogP contribution in [0.2, 0.25) is 0 Å². The summed E-state index contributed by atoms with van der Waals surface area (Å²) >= 11 is 0. The van der Waals surface area contributed by atoms with Crippen molar-refractivity contribution in [3.05, 3.63) is 24.3 Å².